The van der Waals surface area contributed by atoms with Crippen LogP contribution in [0.25, 0.3) is 11.1 Å². The smallest absolute Gasteiger partial charge is 0.324 e. The number of likely N-dealkylation sites (tertiary alicyclic amines) is 1. The van der Waals surface area contributed by atoms with E-state index in [2.05, 4.69) is 5.18 Å². The van der Waals surface area contributed by atoms with Crippen LogP contribution >= 0.6 is 0 Å². The van der Waals surface area contributed by atoms with E-state index in [0.29, 0.717) is 43.1 Å². The largest absolute Gasteiger partial charge is 0.454 e. The zero-order chi connectivity index (χ0) is 26.6. The summed E-state index contributed by atoms with van der Waals surface area (Å²) in [6.45, 7) is 0.751. The summed E-state index contributed by atoms with van der Waals surface area (Å²) in [7, 11) is 0. The topological polar surface area (TPSA) is 121 Å². The Balaban J connectivity index is 1.48. The number of hydrogen-bond donors (Lipinski definition) is 2. The maximum Gasteiger partial charge on any atom is 0.324 e. The molecule has 0 atom stereocenters. The molecule has 3 aromatic carbocycles. The van der Waals surface area contributed by atoms with Crippen molar-refractivity contribution < 1.29 is 28.7 Å². The normalized spacial score (nSPS) is 14.7. The van der Waals surface area contributed by atoms with Crippen LogP contribution in [-0.4, -0.2) is 48.0 Å². The lowest BCUT2D eigenvalue weighted by Gasteiger charge is -2.34. The van der Waals surface area contributed by atoms with Crippen LogP contribution in [0.15, 0.2) is 65.8 Å². The number of anilines is 1. The van der Waals surface area contributed by atoms with E-state index in [0.717, 1.165) is 17.2 Å². The molecule has 1 fully saturated rings. The zero-order valence-electron chi connectivity index (χ0n) is 20.3. The van der Waals surface area contributed by atoms with Crippen molar-refractivity contribution >= 4 is 17.6 Å². The van der Waals surface area contributed by atoms with Crippen LogP contribution in [-0.2, 0) is 6.54 Å². The highest BCUT2D eigenvalue weighted by Crippen LogP contribution is 2.37. The third kappa shape index (κ3) is 5.14. The standard InChI is InChI=1S/C27H25FN4O6/c28-23-13-19(26(33)30-36)4-5-20(23)15-32(27(34)31-10-8-21(29-35)9-11-31)22-3-1-2-17(12-22)18-6-7-24-25(14-18)38-16-37-24/h1-7,12-14,21,36H,8-11,15-16H2,(H,30,33). The average Bonchev–Trinajstić information content (AvgIpc) is 3.44. The molecule has 2 aliphatic heterocycles. The van der Waals surface area contributed by atoms with Crippen molar-refractivity contribution in [3.63, 3.8) is 0 Å². The number of hydroxylamine groups is 1. The second-order valence-electron chi connectivity index (χ2n) is 9.06. The van der Waals surface area contributed by atoms with Gasteiger partial charge in [-0.05, 0) is 60.4 Å². The Morgan fingerprint density at radius 2 is 1.79 bits per heavy atom. The van der Waals surface area contributed by atoms with Crippen LogP contribution in [0.5, 0.6) is 11.5 Å². The molecular formula is C27H25FN4O6. The van der Waals surface area contributed by atoms with Crippen LogP contribution in [0, 0.1) is 10.7 Å². The summed E-state index contributed by atoms with van der Waals surface area (Å²) in [6, 6.07) is 16.0. The summed E-state index contributed by atoms with van der Waals surface area (Å²) in [5.74, 6) is -0.253. The Hall–Kier alpha value is -4.51. The molecule has 0 radical (unpaired) electrons. The molecule has 11 heteroatoms. The lowest BCUT2D eigenvalue weighted by molar-refractivity contribution is 0.0706. The molecule has 0 unspecified atom stereocenters. The fraction of sp³-hybridized carbons (Fsp3) is 0.259. The molecular weight excluding hydrogens is 495 g/mol. The average molecular weight is 521 g/mol. The highest BCUT2D eigenvalue weighted by molar-refractivity contribution is 5.94. The number of urea groups is 1. The summed E-state index contributed by atoms with van der Waals surface area (Å²) in [5.41, 5.74) is 3.82. The molecule has 38 heavy (non-hydrogen) atoms. The highest BCUT2D eigenvalue weighted by Gasteiger charge is 2.29. The van der Waals surface area contributed by atoms with Crippen LogP contribution in [0.3, 0.4) is 0 Å². The van der Waals surface area contributed by atoms with Gasteiger partial charge >= 0.3 is 6.03 Å². The van der Waals surface area contributed by atoms with Crippen LogP contribution in [0.2, 0.25) is 0 Å². The number of nitrogens with one attached hydrogen (secondary N) is 1. The maximum absolute atomic E-state index is 15.0. The molecule has 3 amide bonds. The SMILES string of the molecule is O=NC1CCN(C(=O)N(Cc2ccc(C(=O)NO)cc2F)c2cccc(-c3ccc4c(c3)OCO4)c2)CC1. The predicted octanol–water partition coefficient (Wildman–Crippen LogP) is 4.70. The van der Waals surface area contributed by atoms with E-state index in [9.17, 15) is 14.5 Å². The van der Waals surface area contributed by atoms with Crippen LogP contribution in [0.1, 0.15) is 28.8 Å². The van der Waals surface area contributed by atoms with E-state index >= 15 is 4.39 Å². The molecule has 2 N–H and O–H groups in total. The van der Waals surface area contributed by atoms with Crippen LogP contribution in [0.4, 0.5) is 14.9 Å². The molecule has 0 bridgehead atoms. The zero-order valence-corrected chi connectivity index (χ0v) is 20.3. The van der Waals surface area contributed by atoms with Gasteiger partial charge in [-0.3, -0.25) is 14.9 Å². The molecule has 0 saturated carbocycles. The first-order valence-corrected chi connectivity index (χ1v) is 12.1. The first-order valence-electron chi connectivity index (χ1n) is 12.1. The number of carbonyl (C=O) groups is 2. The van der Waals surface area contributed by atoms with Gasteiger partial charge in [0, 0.05) is 29.9 Å². The van der Waals surface area contributed by atoms with E-state index < -0.39 is 11.7 Å². The van der Waals surface area contributed by atoms with Gasteiger partial charge < -0.3 is 14.4 Å². The van der Waals surface area contributed by atoms with Gasteiger partial charge in [-0.25, -0.2) is 14.7 Å². The van der Waals surface area contributed by atoms with E-state index in [1.807, 2.05) is 36.4 Å². The number of nitrogens with zero attached hydrogens (tertiary/aromatic N) is 3. The number of halogens is 1. The van der Waals surface area contributed by atoms with Gasteiger partial charge in [0.1, 0.15) is 5.82 Å². The fourth-order valence-electron chi connectivity index (χ4n) is 4.58. The first-order chi connectivity index (χ1) is 18.5. The Kier molecular flexibility index (Phi) is 7.18. The predicted molar refractivity (Wildman–Crippen MR) is 136 cm³/mol. The summed E-state index contributed by atoms with van der Waals surface area (Å²) in [4.78, 5) is 39.4. The van der Waals surface area contributed by atoms with Gasteiger partial charge in [0.2, 0.25) is 6.79 Å². The molecule has 196 valence electrons. The minimum atomic E-state index is -0.841. The van der Waals surface area contributed by atoms with Gasteiger partial charge in [-0.1, -0.05) is 29.4 Å². The summed E-state index contributed by atoms with van der Waals surface area (Å²) in [5, 5.41) is 11.9. The molecule has 2 heterocycles. The lowest BCUT2D eigenvalue weighted by Crippen LogP contribution is -2.47. The molecule has 2 aliphatic rings. The second-order valence-corrected chi connectivity index (χ2v) is 9.06. The number of amides is 3. The van der Waals surface area contributed by atoms with E-state index in [1.165, 1.54) is 22.5 Å². The summed E-state index contributed by atoms with van der Waals surface area (Å²) in [6.07, 6.45) is 0.916. The monoisotopic (exact) mass is 520 g/mol. The van der Waals surface area contributed by atoms with Gasteiger partial charge in [-0.2, -0.15) is 4.91 Å². The first kappa shape index (κ1) is 25.2. The molecule has 0 spiro atoms. The van der Waals surface area contributed by atoms with Gasteiger partial charge in [-0.15, -0.1) is 0 Å². The van der Waals surface area contributed by atoms with Crippen molar-refractivity contribution in [3.8, 4) is 22.6 Å². The number of ether oxygens (including phenoxy) is 2. The quantitative estimate of drug-likeness (QED) is 0.276. The number of rotatable bonds is 6. The molecule has 0 aromatic heterocycles. The minimum Gasteiger partial charge on any atom is -0.454 e. The van der Waals surface area contributed by atoms with E-state index in [1.54, 1.807) is 11.0 Å². The Bertz CT molecular complexity index is 1380. The van der Waals surface area contributed by atoms with Gasteiger partial charge in [0.05, 0.1) is 12.6 Å². The lowest BCUT2D eigenvalue weighted by atomic mass is 10.0. The van der Waals surface area contributed by atoms with Crippen molar-refractivity contribution in [1.82, 2.24) is 10.4 Å². The Labute approximate surface area is 217 Å². The maximum atomic E-state index is 15.0. The number of hydrogen-bond acceptors (Lipinski definition) is 7. The fourth-order valence-corrected chi connectivity index (χ4v) is 4.58. The van der Waals surface area contributed by atoms with Gasteiger partial charge in [0.15, 0.2) is 11.5 Å². The van der Waals surface area contributed by atoms with Crippen molar-refractivity contribution in [2.24, 2.45) is 5.18 Å². The number of benzene rings is 3. The van der Waals surface area contributed by atoms with Crippen molar-refractivity contribution in [2.75, 3.05) is 24.8 Å². The number of nitroso groups, excluding NO2 is 1. The minimum absolute atomic E-state index is 0.0557. The van der Waals surface area contributed by atoms with E-state index in [-0.39, 0.29) is 36.5 Å². The second kappa shape index (κ2) is 10.9. The van der Waals surface area contributed by atoms with Gasteiger partial charge in [0.25, 0.3) is 5.91 Å². The Morgan fingerprint density at radius 3 is 2.53 bits per heavy atom. The molecule has 1 saturated heterocycles. The Morgan fingerprint density at radius 1 is 1.03 bits per heavy atom. The van der Waals surface area contributed by atoms with Crippen LogP contribution < -0.4 is 19.9 Å². The number of piperidine rings is 1. The number of carbonyl (C=O) groups excluding carboxylic acids is 2. The number of fused-ring (bicyclic) bond motifs is 1. The summed E-state index contributed by atoms with van der Waals surface area (Å²) < 4.78 is 25.9. The van der Waals surface area contributed by atoms with E-state index in [4.69, 9.17) is 14.7 Å². The van der Waals surface area contributed by atoms with Crippen molar-refractivity contribution in [1.29, 1.82) is 0 Å². The third-order valence-corrected chi connectivity index (χ3v) is 6.72. The third-order valence-electron chi connectivity index (χ3n) is 6.72. The molecule has 3 aromatic rings. The van der Waals surface area contributed by atoms with Crippen molar-refractivity contribution in [3.05, 3.63) is 82.5 Å². The molecule has 5 rings (SSSR count). The molecule has 0 aliphatic carbocycles. The highest BCUT2D eigenvalue weighted by atomic mass is 19.1. The van der Waals surface area contributed by atoms with Crippen molar-refractivity contribution in [2.45, 2.75) is 25.4 Å². The summed E-state index contributed by atoms with van der Waals surface area (Å²) >= 11 is 0. The molecule has 10 nitrogen and oxygen atoms in total.